The summed E-state index contributed by atoms with van der Waals surface area (Å²) in [4.78, 5) is 12.1. The topological polar surface area (TPSA) is 101 Å². The molecule has 0 spiro atoms. The van der Waals surface area contributed by atoms with E-state index in [4.69, 9.17) is 0 Å². The van der Waals surface area contributed by atoms with Crippen LogP contribution in [0, 0.1) is 20.8 Å². The van der Waals surface area contributed by atoms with Crippen LogP contribution < -0.4 is 9.03 Å². The lowest BCUT2D eigenvalue weighted by atomic mass is 10.1. The number of aryl methyl sites for hydroxylation is 3. The Morgan fingerprint density at radius 2 is 1.71 bits per heavy atom. The Morgan fingerprint density at radius 3 is 2.25 bits per heavy atom. The van der Waals surface area contributed by atoms with Crippen molar-refractivity contribution in [1.29, 1.82) is 0 Å². The molecule has 0 bridgehead atoms. The zero-order valence-electron chi connectivity index (χ0n) is 15.9. The number of benzene rings is 2. The number of hydrogen-bond acceptors (Lipinski definition) is 5. The van der Waals surface area contributed by atoms with Crippen molar-refractivity contribution in [2.75, 3.05) is 10.1 Å². The van der Waals surface area contributed by atoms with Crippen molar-refractivity contribution in [2.24, 2.45) is 0 Å². The van der Waals surface area contributed by atoms with Crippen LogP contribution in [0.4, 0.5) is 5.69 Å². The summed E-state index contributed by atoms with van der Waals surface area (Å²) in [5, 5.41) is 0. The third-order valence-corrected chi connectivity index (χ3v) is 7.97. The number of hydrogen-bond donors (Lipinski definition) is 1. The number of carbonyl (C=O) groups is 1. The zero-order chi connectivity index (χ0) is 20.7. The van der Waals surface area contributed by atoms with Gasteiger partial charge >= 0.3 is 0 Å². The van der Waals surface area contributed by atoms with E-state index in [1.807, 2.05) is 31.2 Å². The molecule has 28 heavy (non-hydrogen) atoms. The second-order valence-corrected chi connectivity index (χ2v) is 10.6. The Bertz CT molecular complexity index is 1130. The number of sulfonamides is 2. The first-order valence-electron chi connectivity index (χ1n) is 8.73. The van der Waals surface area contributed by atoms with Gasteiger partial charge in [0.15, 0.2) is 0 Å². The highest BCUT2D eigenvalue weighted by Crippen LogP contribution is 2.31. The number of nitrogens with zero attached hydrogens (tertiary/aromatic N) is 1. The van der Waals surface area contributed by atoms with Crippen molar-refractivity contribution in [3.8, 4) is 0 Å². The minimum atomic E-state index is -3.82. The molecule has 0 aromatic heterocycles. The molecule has 0 saturated carbocycles. The second kappa shape index (κ2) is 7.31. The molecule has 1 heterocycles. The molecule has 150 valence electrons. The second-order valence-electron chi connectivity index (χ2n) is 6.95. The van der Waals surface area contributed by atoms with E-state index >= 15 is 0 Å². The number of anilines is 1. The lowest BCUT2D eigenvalue weighted by molar-refractivity contribution is -0.116. The van der Waals surface area contributed by atoms with Gasteiger partial charge in [-0.25, -0.2) is 25.9 Å². The van der Waals surface area contributed by atoms with Gasteiger partial charge in [0, 0.05) is 13.0 Å². The van der Waals surface area contributed by atoms with E-state index in [0.717, 1.165) is 15.4 Å². The molecule has 1 aliphatic heterocycles. The van der Waals surface area contributed by atoms with Crippen LogP contribution in [0.3, 0.4) is 0 Å². The van der Waals surface area contributed by atoms with E-state index in [-0.39, 0.29) is 29.3 Å². The molecule has 1 fully saturated rings. The summed E-state index contributed by atoms with van der Waals surface area (Å²) in [5.74, 6) is -0.742. The van der Waals surface area contributed by atoms with E-state index in [2.05, 4.69) is 4.72 Å². The molecule has 9 heteroatoms. The zero-order valence-corrected chi connectivity index (χ0v) is 17.5. The molecular weight excluding hydrogens is 400 g/mol. The quantitative estimate of drug-likeness (QED) is 0.796. The summed E-state index contributed by atoms with van der Waals surface area (Å²) in [6.45, 7) is 5.25. The van der Waals surface area contributed by atoms with E-state index in [1.54, 1.807) is 13.8 Å². The molecule has 0 unspecified atom stereocenters. The predicted molar refractivity (Wildman–Crippen MR) is 107 cm³/mol. The Balaban J connectivity index is 1.93. The van der Waals surface area contributed by atoms with Gasteiger partial charge < -0.3 is 0 Å². The summed E-state index contributed by atoms with van der Waals surface area (Å²) in [5.41, 5.74) is 2.80. The monoisotopic (exact) mass is 422 g/mol. The van der Waals surface area contributed by atoms with Crippen molar-refractivity contribution in [2.45, 2.75) is 38.6 Å². The van der Waals surface area contributed by atoms with Crippen molar-refractivity contribution < 1.29 is 21.6 Å². The van der Waals surface area contributed by atoms with Crippen LogP contribution in [0.1, 0.15) is 28.7 Å². The molecule has 2 aromatic rings. The number of rotatable bonds is 5. The first-order valence-corrected chi connectivity index (χ1v) is 11.8. The van der Waals surface area contributed by atoms with Gasteiger partial charge in [0.1, 0.15) is 0 Å². The van der Waals surface area contributed by atoms with Gasteiger partial charge in [-0.15, -0.1) is 0 Å². The lowest BCUT2D eigenvalue weighted by Gasteiger charge is -2.19. The normalized spacial score (nSPS) is 16.5. The lowest BCUT2D eigenvalue weighted by Crippen LogP contribution is -2.30. The van der Waals surface area contributed by atoms with Crippen LogP contribution in [-0.2, 0) is 31.4 Å². The summed E-state index contributed by atoms with van der Waals surface area (Å²) >= 11 is 0. The first kappa shape index (κ1) is 20.5. The summed E-state index contributed by atoms with van der Waals surface area (Å²) < 4.78 is 53.3. The molecule has 1 amide bonds. The molecule has 3 rings (SSSR count). The Morgan fingerprint density at radius 1 is 1.07 bits per heavy atom. The predicted octanol–water partition coefficient (Wildman–Crippen LogP) is 2.16. The largest absolute Gasteiger partial charge is 0.273 e. The van der Waals surface area contributed by atoms with Gasteiger partial charge in [0.25, 0.3) is 0 Å². The fourth-order valence-corrected chi connectivity index (χ4v) is 6.32. The average molecular weight is 423 g/mol. The Hall–Kier alpha value is -2.23. The minimum absolute atomic E-state index is 0.0709. The minimum Gasteiger partial charge on any atom is -0.273 e. The highest BCUT2D eigenvalue weighted by molar-refractivity contribution is 7.94. The fourth-order valence-electron chi connectivity index (χ4n) is 3.41. The number of carbonyl (C=O) groups excluding carboxylic acids is 1. The van der Waals surface area contributed by atoms with Crippen LogP contribution in [0.15, 0.2) is 41.3 Å². The van der Waals surface area contributed by atoms with Crippen LogP contribution in [-0.4, -0.2) is 28.5 Å². The summed E-state index contributed by atoms with van der Waals surface area (Å²) in [7, 11) is -7.52. The molecule has 1 saturated heterocycles. The van der Waals surface area contributed by atoms with Gasteiger partial charge in [-0.3, -0.25) is 4.79 Å². The number of amides is 1. The summed E-state index contributed by atoms with van der Waals surface area (Å²) in [6.07, 6.45) is -0.0709. The molecule has 2 aromatic carbocycles. The van der Waals surface area contributed by atoms with Gasteiger partial charge in [0.2, 0.25) is 26.0 Å². The standard InChI is InChI=1S/C19H22N2O5S2/c1-13-5-4-6-16(9-13)12-20-28(25,26)19-14(2)10-17(11-15(19)3)21-18(22)7-8-27(21,23)24/h4-6,9-11,20H,7-8,12H2,1-3H3. The maximum absolute atomic E-state index is 12.8. The molecule has 0 aliphatic carbocycles. The maximum atomic E-state index is 12.8. The van der Waals surface area contributed by atoms with Gasteiger partial charge in [-0.2, -0.15) is 0 Å². The molecule has 1 aliphatic rings. The molecule has 7 nitrogen and oxygen atoms in total. The van der Waals surface area contributed by atoms with Crippen LogP contribution in [0.5, 0.6) is 0 Å². The van der Waals surface area contributed by atoms with Crippen molar-refractivity contribution >= 4 is 31.6 Å². The average Bonchev–Trinajstić information content (AvgIpc) is 2.85. The van der Waals surface area contributed by atoms with Crippen LogP contribution in [0.2, 0.25) is 0 Å². The maximum Gasteiger partial charge on any atom is 0.242 e. The van der Waals surface area contributed by atoms with E-state index in [9.17, 15) is 21.6 Å². The molecule has 0 radical (unpaired) electrons. The number of nitrogens with one attached hydrogen (secondary N) is 1. The van der Waals surface area contributed by atoms with Crippen molar-refractivity contribution in [3.63, 3.8) is 0 Å². The van der Waals surface area contributed by atoms with Gasteiger partial charge in [0.05, 0.1) is 16.3 Å². The highest BCUT2D eigenvalue weighted by atomic mass is 32.2. The van der Waals surface area contributed by atoms with Crippen molar-refractivity contribution in [1.82, 2.24) is 4.72 Å². The molecular formula is C19H22N2O5S2. The third kappa shape index (κ3) is 3.96. The van der Waals surface area contributed by atoms with E-state index in [1.165, 1.54) is 12.1 Å². The highest BCUT2D eigenvalue weighted by Gasteiger charge is 2.37. The SMILES string of the molecule is Cc1cccc(CNS(=O)(=O)c2c(C)cc(N3C(=O)CCS3(=O)=O)cc2C)c1. The van der Waals surface area contributed by atoms with Gasteiger partial charge in [-0.05, 0) is 49.6 Å². The Labute approximate surface area is 165 Å². The Kier molecular flexibility index (Phi) is 5.35. The third-order valence-electron chi connectivity index (χ3n) is 4.58. The molecule has 1 N–H and O–H groups in total. The van der Waals surface area contributed by atoms with Crippen LogP contribution in [0.25, 0.3) is 0 Å². The smallest absolute Gasteiger partial charge is 0.242 e. The van der Waals surface area contributed by atoms with E-state index < -0.39 is 26.0 Å². The van der Waals surface area contributed by atoms with Gasteiger partial charge in [-0.1, -0.05) is 29.8 Å². The van der Waals surface area contributed by atoms with E-state index in [0.29, 0.717) is 11.1 Å². The first-order chi connectivity index (χ1) is 13.0. The summed E-state index contributed by atoms with van der Waals surface area (Å²) in [6, 6.07) is 10.4. The van der Waals surface area contributed by atoms with Crippen molar-refractivity contribution in [3.05, 3.63) is 58.7 Å². The van der Waals surface area contributed by atoms with Crippen LogP contribution >= 0.6 is 0 Å². The molecule has 0 atom stereocenters. The fraction of sp³-hybridized carbons (Fsp3) is 0.316.